The monoisotopic (exact) mass is 402 g/mol. The van der Waals surface area contributed by atoms with E-state index in [1.54, 1.807) is 18.5 Å². The third-order valence-electron chi connectivity index (χ3n) is 5.48. The van der Waals surface area contributed by atoms with Crippen molar-refractivity contribution in [2.75, 3.05) is 25.5 Å². The van der Waals surface area contributed by atoms with Crippen molar-refractivity contribution in [2.45, 2.75) is 32.2 Å². The number of carbonyl (C=O) groups is 1. The number of rotatable bonds is 4. The second-order valence-corrected chi connectivity index (χ2v) is 7.78. The van der Waals surface area contributed by atoms with Gasteiger partial charge in [0.05, 0.1) is 11.7 Å². The van der Waals surface area contributed by atoms with Crippen LogP contribution in [-0.2, 0) is 0 Å². The lowest BCUT2D eigenvalue weighted by Crippen LogP contribution is -2.39. The largest absolute Gasteiger partial charge is 0.347 e. The molecule has 0 aliphatic carbocycles. The number of likely N-dealkylation sites (tertiary alicyclic amines) is 1. The number of aromatic nitrogens is 4. The van der Waals surface area contributed by atoms with Crippen molar-refractivity contribution in [3.05, 3.63) is 66.0 Å². The number of amides is 1. The predicted molar refractivity (Wildman–Crippen MR) is 116 cm³/mol. The number of pyridine rings is 2. The molecule has 4 heterocycles. The predicted octanol–water partition coefficient (Wildman–Crippen LogP) is 3.68. The third kappa shape index (κ3) is 3.87. The second-order valence-electron chi connectivity index (χ2n) is 7.78. The van der Waals surface area contributed by atoms with Gasteiger partial charge in [-0.3, -0.25) is 14.8 Å². The van der Waals surface area contributed by atoms with E-state index in [1.807, 2.05) is 61.4 Å². The minimum atomic E-state index is -0.127. The van der Waals surface area contributed by atoms with Crippen molar-refractivity contribution in [2.24, 2.45) is 0 Å². The first kappa shape index (κ1) is 19.9. The Kier molecular flexibility index (Phi) is 5.70. The minimum absolute atomic E-state index is 0.0530. The first-order chi connectivity index (χ1) is 14.6. The van der Waals surface area contributed by atoms with Crippen LogP contribution in [0.1, 0.15) is 47.1 Å². The van der Waals surface area contributed by atoms with E-state index in [0.717, 1.165) is 41.6 Å². The number of aryl methyl sites for hydroxylation is 1. The van der Waals surface area contributed by atoms with Gasteiger partial charge in [-0.1, -0.05) is 6.07 Å². The van der Waals surface area contributed by atoms with Crippen LogP contribution in [0.3, 0.4) is 0 Å². The Bertz CT molecular complexity index is 1040. The molecule has 4 rings (SSSR count). The summed E-state index contributed by atoms with van der Waals surface area (Å²) in [6.45, 7) is 2.72. The SMILES string of the molecule is Cc1cnccc1-c1cnc(N(C)C)nc1[C@H]1CCCCN1C(=O)c1ccccn1. The van der Waals surface area contributed by atoms with Gasteiger partial charge in [-0.2, -0.15) is 0 Å². The van der Waals surface area contributed by atoms with Gasteiger partial charge < -0.3 is 9.80 Å². The Balaban J connectivity index is 1.82. The molecule has 1 aliphatic rings. The third-order valence-corrected chi connectivity index (χ3v) is 5.48. The molecule has 1 fully saturated rings. The van der Waals surface area contributed by atoms with Gasteiger partial charge in [0.1, 0.15) is 5.69 Å². The number of hydrogen-bond donors (Lipinski definition) is 0. The summed E-state index contributed by atoms with van der Waals surface area (Å²) in [5.41, 5.74) is 4.39. The molecule has 1 saturated heterocycles. The molecule has 1 atom stereocenters. The Morgan fingerprint density at radius 1 is 1.07 bits per heavy atom. The van der Waals surface area contributed by atoms with E-state index in [9.17, 15) is 4.79 Å². The lowest BCUT2D eigenvalue weighted by Gasteiger charge is -2.36. The van der Waals surface area contributed by atoms with Crippen LogP contribution in [-0.4, -0.2) is 51.4 Å². The molecule has 3 aromatic heterocycles. The van der Waals surface area contributed by atoms with Gasteiger partial charge in [-0.25, -0.2) is 9.97 Å². The fraction of sp³-hybridized carbons (Fsp3) is 0.348. The van der Waals surface area contributed by atoms with Crippen LogP contribution in [0, 0.1) is 6.92 Å². The lowest BCUT2D eigenvalue weighted by molar-refractivity contribution is 0.0600. The number of hydrogen-bond acceptors (Lipinski definition) is 6. The Hall–Kier alpha value is -3.35. The number of nitrogens with zero attached hydrogens (tertiary/aromatic N) is 6. The van der Waals surface area contributed by atoms with E-state index < -0.39 is 0 Å². The average Bonchev–Trinajstić information content (AvgIpc) is 2.79. The van der Waals surface area contributed by atoms with Crippen LogP contribution in [0.2, 0.25) is 0 Å². The first-order valence-electron chi connectivity index (χ1n) is 10.2. The maximum absolute atomic E-state index is 13.3. The summed E-state index contributed by atoms with van der Waals surface area (Å²) in [7, 11) is 3.85. The molecule has 7 heteroatoms. The van der Waals surface area contributed by atoms with Gasteiger partial charge in [0, 0.05) is 51.0 Å². The van der Waals surface area contributed by atoms with Crippen molar-refractivity contribution in [3.63, 3.8) is 0 Å². The highest BCUT2D eigenvalue weighted by Gasteiger charge is 2.32. The van der Waals surface area contributed by atoms with Crippen LogP contribution >= 0.6 is 0 Å². The van der Waals surface area contributed by atoms with Crippen molar-refractivity contribution in [3.8, 4) is 11.1 Å². The lowest BCUT2D eigenvalue weighted by atomic mass is 9.92. The Morgan fingerprint density at radius 3 is 2.67 bits per heavy atom. The van der Waals surface area contributed by atoms with Crippen LogP contribution in [0.5, 0.6) is 0 Å². The second kappa shape index (κ2) is 8.57. The van der Waals surface area contributed by atoms with Gasteiger partial charge in [0.25, 0.3) is 5.91 Å². The quantitative estimate of drug-likeness (QED) is 0.663. The highest BCUT2D eigenvalue weighted by atomic mass is 16.2. The normalized spacial score (nSPS) is 16.4. The summed E-state index contributed by atoms with van der Waals surface area (Å²) in [5.74, 6) is 0.582. The molecule has 30 heavy (non-hydrogen) atoms. The fourth-order valence-electron chi connectivity index (χ4n) is 3.93. The summed E-state index contributed by atoms with van der Waals surface area (Å²) in [6, 6.07) is 7.30. The average molecular weight is 403 g/mol. The van der Waals surface area contributed by atoms with Crippen LogP contribution < -0.4 is 4.90 Å². The zero-order valence-corrected chi connectivity index (χ0v) is 17.6. The smallest absolute Gasteiger partial charge is 0.273 e. The fourth-order valence-corrected chi connectivity index (χ4v) is 3.93. The number of carbonyl (C=O) groups excluding carboxylic acids is 1. The summed E-state index contributed by atoms with van der Waals surface area (Å²) in [5, 5.41) is 0. The van der Waals surface area contributed by atoms with E-state index in [1.165, 1.54) is 0 Å². The molecule has 7 nitrogen and oxygen atoms in total. The first-order valence-corrected chi connectivity index (χ1v) is 10.2. The van der Waals surface area contributed by atoms with E-state index in [2.05, 4.69) is 15.0 Å². The zero-order valence-electron chi connectivity index (χ0n) is 17.6. The van der Waals surface area contributed by atoms with Gasteiger partial charge >= 0.3 is 0 Å². The Morgan fingerprint density at radius 2 is 1.93 bits per heavy atom. The maximum atomic E-state index is 13.3. The molecule has 0 unspecified atom stereocenters. The molecule has 1 amide bonds. The van der Waals surface area contributed by atoms with E-state index in [0.29, 0.717) is 18.2 Å². The van der Waals surface area contributed by atoms with Gasteiger partial charge in [0.2, 0.25) is 5.95 Å². The van der Waals surface area contributed by atoms with Gasteiger partial charge in [-0.05, 0) is 55.5 Å². The maximum Gasteiger partial charge on any atom is 0.273 e. The highest BCUT2D eigenvalue weighted by Crippen LogP contribution is 2.37. The van der Waals surface area contributed by atoms with E-state index in [4.69, 9.17) is 4.98 Å². The van der Waals surface area contributed by atoms with Crippen molar-refractivity contribution < 1.29 is 4.79 Å². The number of anilines is 1. The molecular weight excluding hydrogens is 376 g/mol. The molecule has 1 aliphatic heterocycles. The highest BCUT2D eigenvalue weighted by molar-refractivity contribution is 5.92. The van der Waals surface area contributed by atoms with Crippen LogP contribution in [0.25, 0.3) is 11.1 Å². The Labute approximate surface area is 176 Å². The van der Waals surface area contributed by atoms with Gasteiger partial charge in [0.15, 0.2) is 0 Å². The molecule has 0 N–H and O–H groups in total. The van der Waals surface area contributed by atoms with Crippen molar-refractivity contribution in [1.29, 1.82) is 0 Å². The topological polar surface area (TPSA) is 75.1 Å². The van der Waals surface area contributed by atoms with Crippen molar-refractivity contribution in [1.82, 2.24) is 24.8 Å². The standard InChI is InChI=1S/C23H26N6O/c1-16-14-24-12-10-17(16)18-15-26-23(28(2)3)27-21(18)20-9-5-7-13-29(20)22(30)19-8-4-6-11-25-19/h4,6,8,10-12,14-15,20H,5,7,9,13H2,1-3H3/t20-/m1/s1. The molecule has 0 bridgehead atoms. The molecule has 0 spiro atoms. The molecule has 154 valence electrons. The molecule has 0 saturated carbocycles. The minimum Gasteiger partial charge on any atom is -0.347 e. The van der Waals surface area contributed by atoms with E-state index in [-0.39, 0.29) is 11.9 Å². The summed E-state index contributed by atoms with van der Waals surface area (Å²) in [4.78, 5) is 35.1. The molecule has 3 aromatic rings. The number of piperidine rings is 1. The summed E-state index contributed by atoms with van der Waals surface area (Å²) in [6.07, 6.45) is 10.0. The summed E-state index contributed by atoms with van der Waals surface area (Å²) >= 11 is 0. The molecular formula is C23H26N6O. The van der Waals surface area contributed by atoms with Gasteiger partial charge in [-0.15, -0.1) is 0 Å². The van der Waals surface area contributed by atoms with Crippen LogP contribution in [0.4, 0.5) is 5.95 Å². The van der Waals surface area contributed by atoms with Crippen LogP contribution in [0.15, 0.2) is 49.1 Å². The zero-order chi connectivity index (χ0) is 21.1. The molecule has 0 aromatic carbocycles. The summed E-state index contributed by atoms with van der Waals surface area (Å²) < 4.78 is 0. The van der Waals surface area contributed by atoms with Crippen molar-refractivity contribution >= 4 is 11.9 Å². The van der Waals surface area contributed by atoms with E-state index >= 15 is 0 Å². The molecule has 0 radical (unpaired) electrons.